The highest BCUT2D eigenvalue weighted by molar-refractivity contribution is 7.98. The Kier molecular flexibility index (Phi) is 4.44. The van der Waals surface area contributed by atoms with Gasteiger partial charge in [-0.1, -0.05) is 48.0 Å². The molecule has 2 heteroatoms. The zero-order chi connectivity index (χ0) is 13.8. The summed E-state index contributed by atoms with van der Waals surface area (Å²) in [7, 11) is 0. The summed E-state index contributed by atoms with van der Waals surface area (Å²) in [5, 5.41) is 3.61. The predicted molar refractivity (Wildman–Crippen MR) is 87.0 cm³/mol. The molecule has 1 saturated carbocycles. The topological polar surface area (TPSA) is 12.0 Å². The highest BCUT2D eigenvalue weighted by Gasteiger charge is 2.20. The molecule has 0 heterocycles. The standard InChI is InChI=1S/C18H21NS/c1-14-5-4-6-15(11-14)13-20-18-8-3-2-7-16(18)12-19-17-9-10-17/h2-8,11,17,19H,9-10,12-13H2,1H3. The number of benzene rings is 2. The molecular weight excluding hydrogens is 262 g/mol. The third-order valence-electron chi connectivity index (χ3n) is 3.61. The second kappa shape index (κ2) is 6.47. The molecular formula is C18H21NS. The van der Waals surface area contributed by atoms with Gasteiger partial charge in [0, 0.05) is 23.2 Å². The van der Waals surface area contributed by atoms with Crippen LogP contribution in [0.4, 0.5) is 0 Å². The molecule has 1 nitrogen and oxygen atoms in total. The summed E-state index contributed by atoms with van der Waals surface area (Å²) in [4.78, 5) is 1.40. The van der Waals surface area contributed by atoms with E-state index in [0.717, 1.165) is 18.3 Å². The molecule has 0 atom stereocenters. The zero-order valence-corrected chi connectivity index (χ0v) is 12.7. The minimum atomic E-state index is 0.768. The summed E-state index contributed by atoms with van der Waals surface area (Å²) < 4.78 is 0. The van der Waals surface area contributed by atoms with Crippen LogP contribution in [0.15, 0.2) is 53.4 Å². The lowest BCUT2D eigenvalue weighted by Crippen LogP contribution is -2.15. The van der Waals surface area contributed by atoms with Crippen molar-refractivity contribution in [3.63, 3.8) is 0 Å². The summed E-state index contributed by atoms with van der Waals surface area (Å²) in [6, 6.07) is 18.3. The van der Waals surface area contributed by atoms with Gasteiger partial charge < -0.3 is 5.32 Å². The van der Waals surface area contributed by atoms with Gasteiger partial charge in [-0.25, -0.2) is 0 Å². The van der Waals surface area contributed by atoms with Gasteiger partial charge in [-0.05, 0) is 37.0 Å². The lowest BCUT2D eigenvalue weighted by molar-refractivity contribution is 0.680. The van der Waals surface area contributed by atoms with Crippen molar-refractivity contribution in [3.8, 4) is 0 Å². The molecule has 0 spiro atoms. The van der Waals surface area contributed by atoms with Gasteiger partial charge in [0.1, 0.15) is 0 Å². The largest absolute Gasteiger partial charge is 0.310 e. The van der Waals surface area contributed by atoms with Gasteiger partial charge in [0.2, 0.25) is 0 Å². The second-order valence-electron chi connectivity index (χ2n) is 5.54. The highest BCUT2D eigenvalue weighted by Crippen LogP contribution is 2.27. The van der Waals surface area contributed by atoms with Gasteiger partial charge in [0.05, 0.1) is 0 Å². The fraction of sp³-hybridized carbons (Fsp3) is 0.333. The van der Waals surface area contributed by atoms with E-state index in [4.69, 9.17) is 0 Å². The van der Waals surface area contributed by atoms with Crippen LogP contribution < -0.4 is 5.32 Å². The first kappa shape index (κ1) is 13.7. The smallest absolute Gasteiger partial charge is 0.0232 e. The number of thioether (sulfide) groups is 1. The lowest BCUT2D eigenvalue weighted by Gasteiger charge is -2.10. The number of nitrogens with one attached hydrogen (secondary N) is 1. The van der Waals surface area contributed by atoms with Crippen LogP contribution in [0.3, 0.4) is 0 Å². The Morgan fingerprint density at radius 1 is 1.10 bits per heavy atom. The summed E-state index contributed by atoms with van der Waals surface area (Å²) in [5.41, 5.74) is 4.17. The van der Waals surface area contributed by atoms with Crippen molar-refractivity contribution in [2.75, 3.05) is 0 Å². The minimum absolute atomic E-state index is 0.768. The normalized spacial score (nSPS) is 14.4. The zero-order valence-electron chi connectivity index (χ0n) is 11.9. The van der Waals surface area contributed by atoms with Gasteiger partial charge >= 0.3 is 0 Å². The molecule has 0 unspecified atom stereocenters. The minimum Gasteiger partial charge on any atom is -0.310 e. The van der Waals surface area contributed by atoms with Gasteiger partial charge in [-0.15, -0.1) is 11.8 Å². The van der Waals surface area contributed by atoms with E-state index in [-0.39, 0.29) is 0 Å². The van der Waals surface area contributed by atoms with Crippen LogP contribution in [0.1, 0.15) is 29.5 Å². The summed E-state index contributed by atoms with van der Waals surface area (Å²) in [6.45, 7) is 3.16. The van der Waals surface area contributed by atoms with E-state index < -0.39 is 0 Å². The Morgan fingerprint density at radius 2 is 1.95 bits per heavy atom. The fourth-order valence-electron chi connectivity index (χ4n) is 2.30. The van der Waals surface area contributed by atoms with Gasteiger partial charge in [0.15, 0.2) is 0 Å². The molecule has 20 heavy (non-hydrogen) atoms. The molecule has 1 fully saturated rings. The molecule has 0 bridgehead atoms. The summed E-state index contributed by atoms with van der Waals surface area (Å²) >= 11 is 1.94. The van der Waals surface area contributed by atoms with Crippen molar-refractivity contribution in [2.24, 2.45) is 0 Å². The number of aryl methyl sites for hydroxylation is 1. The molecule has 0 aliphatic heterocycles. The third kappa shape index (κ3) is 3.87. The molecule has 0 aromatic heterocycles. The Balaban J connectivity index is 1.63. The fourth-order valence-corrected chi connectivity index (χ4v) is 3.30. The molecule has 1 aliphatic rings. The Morgan fingerprint density at radius 3 is 2.75 bits per heavy atom. The molecule has 0 saturated heterocycles. The van der Waals surface area contributed by atoms with E-state index in [0.29, 0.717) is 0 Å². The van der Waals surface area contributed by atoms with Crippen molar-refractivity contribution >= 4 is 11.8 Å². The van der Waals surface area contributed by atoms with Gasteiger partial charge in [-0.3, -0.25) is 0 Å². The van der Waals surface area contributed by atoms with Crippen LogP contribution >= 0.6 is 11.8 Å². The van der Waals surface area contributed by atoms with Crippen LogP contribution in [-0.4, -0.2) is 6.04 Å². The van der Waals surface area contributed by atoms with E-state index in [1.807, 2.05) is 11.8 Å². The van der Waals surface area contributed by atoms with Crippen LogP contribution in [0, 0.1) is 6.92 Å². The van der Waals surface area contributed by atoms with Crippen LogP contribution in [0.25, 0.3) is 0 Å². The van der Waals surface area contributed by atoms with Crippen molar-refractivity contribution in [3.05, 3.63) is 65.2 Å². The van der Waals surface area contributed by atoms with Crippen molar-refractivity contribution in [1.29, 1.82) is 0 Å². The monoisotopic (exact) mass is 283 g/mol. The lowest BCUT2D eigenvalue weighted by atomic mass is 10.2. The third-order valence-corrected chi connectivity index (χ3v) is 4.79. The van der Waals surface area contributed by atoms with Crippen molar-refractivity contribution < 1.29 is 0 Å². The maximum absolute atomic E-state index is 3.61. The average Bonchev–Trinajstić information content (AvgIpc) is 3.28. The van der Waals surface area contributed by atoms with E-state index >= 15 is 0 Å². The number of rotatable bonds is 6. The van der Waals surface area contributed by atoms with Crippen molar-refractivity contribution in [1.82, 2.24) is 5.32 Å². The van der Waals surface area contributed by atoms with Crippen LogP contribution in [0.5, 0.6) is 0 Å². The van der Waals surface area contributed by atoms with E-state index in [2.05, 4.69) is 60.8 Å². The maximum atomic E-state index is 3.61. The molecule has 104 valence electrons. The molecule has 0 radical (unpaired) electrons. The summed E-state index contributed by atoms with van der Waals surface area (Å²) in [6.07, 6.45) is 2.69. The molecule has 0 amide bonds. The summed E-state index contributed by atoms with van der Waals surface area (Å²) in [5.74, 6) is 1.04. The van der Waals surface area contributed by atoms with Crippen molar-refractivity contribution in [2.45, 2.75) is 43.0 Å². The SMILES string of the molecule is Cc1cccc(CSc2ccccc2CNC2CC2)c1. The Labute approximate surface area is 125 Å². The maximum Gasteiger partial charge on any atom is 0.0232 e. The van der Waals surface area contributed by atoms with E-state index in [1.54, 1.807) is 0 Å². The first-order valence-electron chi connectivity index (χ1n) is 7.31. The number of hydrogen-bond acceptors (Lipinski definition) is 2. The van der Waals surface area contributed by atoms with E-state index in [1.165, 1.54) is 34.4 Å². The first-order chi connectivity index (χ1) is 9.81. The molecule has 1 aliphatic carbocycles. The van der Waals surface area contributed by atoms with Crippen LogP contribution in [-0.2, 0) is 12.3 Å². The predicted octanol–water partition coefficient (Wildman–Crippen LogP) is 4.54. The molecule has 2 aromatic carbocycles. The van der Waals surface area contributed by atoms with Gasteiger partial charge in [0.25, 0.3) is 0 Å². The van der Waals surface area contributed by atoms with Gasteiger partial charge in [-0.2, -0.15) is 0 Å². The highest BCUT2D eigenvalue weighted by atomic mass is 32.2. The first-order valence-corrected chi connectivity index (χ1v) is 8.29. The quantitative estimate of drug-likeness (QED) is 0.781. The number of hydrogen-bond donors (Lipinski definition) is 1. The molecule has 1 N–H and O–H groups in total. The molecule has 3 rings (SSSR count). The second-order valence-corrected chi connectivity index (χ2v) is 6.56. The molecule has 2 aromatic rings. The van der Waals surface area contributed by atoms with E-state index in [9.17, 15) is 0 Å². The Hall–Kier alpha value is -1.25. The average molecular weight is 283 g/mol. The van der Waals surface area contributed by atoms with Crippen LogP contribution in [0.2, 0.25) is 0 Å². The Bertz CT molecular complexity index is 575.